The summed E-state index contributed by atoms with van der Waals surface area (Å²) < 4.78 is 18.7. The first-order valence-electron chi connectivity index (χ1n) is 10.7. The summed E-state index contributed by atoms with van der Waals surface area (Å²) in [7, 11) is 0. The molecule has 3 aromatic carbocycles. The zero-order valence-corrected chi connectivity index (χ0v) is 21.6. The van der Waals surface area contributed by atoms with Crippen LogP contribution < -0.4 is 19.1 Å². The first-order chi connectivity index (χ1) is 16.6. The van der Waals surface area contributed by atoms with E-state index < -0.39 is 0 Å². The largest absolute Gasteiger partial charge is 0.490 e. The van der Waals surface area contributed by atoms with E-state index in [1.807, 2.05) is 85.8 Å². The first-order valence-corrected chi connectivity index (χ1v) is 12.7. The van der Waals surface area contributed by atoms with Crippen LogP contribution in [0.1, 0.15) is 12.5 Å². The van der Waals surface area contributed by atoms with Crippen LogP contribution in [0.2, 0.25) is 0 Å². The van der Waals surface area contributed by atoms with Crippen molar-refractivity contribution in [2.45, 2.75) is 6.92 Å². The van der Waals surface area contributed by atoms with Crippen LogP contribution in [0.4, 0.5) is 5.69 Å². The second-order valence-corrected chi connectivity index (χ2v) is 9.66. The number of halogens is 1. The lowest BCUT2D eigenvalue weighted by Gasteiger charge is -2.15. The van der Waals surface area contributed by atoms with Crippen LogP contribution in [0.15, 0.2) is 82.2 Å². The third-order valence-electron chi connectivity index (χ3n) is 4.78. The number of thioether (sulfide) groups is 1. The molecule has 0 aromatic heterocycles. The minimum absolute atomic E-state index is 0.145. The lowest BCUT2D eigenvalue weighted by Crippen LogP contribution is -2.27. The molecule has 0 atom stereocenters. The van der Waals surface area contributed by atoms with Gasteiger partial charge in [0.05, 0.1) is 21.7 Å². The van der Waals surface area contributed by atoms with Crippen molar-refractivity contribution in [2.24, 2.45) is 0 Å². The van der Waals surface area contributed by atoms with Crippen molar-refractivity contribution in [3.63, 3.8) is 0 Å². The monoisotopic (exact) mass is 555 g/mol. The molecule has 174 valence electrons. The van der Waals surface area contributed by atoms with Crippen LogP contribution in [-0.2, 0) is 4.79 Å². The van der Waals surface area contributed by atoms with Gasteiger partial charge >= 0.3 is 0 Å². The van der Waals surface area contributed by atoms with Crippen LogP contribution in [0, 0.1) is 0 Å². The van der Waals surface area contributed by atoms with Crippen molar-refractivity contribution in [3.05, 3.63) is 87.7 Å². The van der Waals surface area contributed by atoms with Gasteiger partial charge in [-0.15, -0.1) is 0 Å². The molecule has 3 aromatic rings. The van der Waals surface area contributed by atoms with Crippen molar-refractivity contribution < 1.29 is 19.0 Å². The minimum Gasteiger partial charge on any atom is -0.490 e. The van der Waals surface area contributed by atoms with Gasteiger partial charge in [0.25, 0.3) is 5.91 Å². The number of nitrogens with zero attached hydrogens (tertiary/aromatic N) is 1. The predicted molar refractivity (Wildman–Crippen MR) is 145 cm³/mol. The first kappa shape index (κ1) is 24.3. The molecular formula is C26H22BrNO4S2. The van der Waals surface area contributed by atoms with E-state index in [-0.39, 0.29) is 5.91 Å². The Labute approximate surface area is 216 Å². The molecule has 0 spiro atoms. The maximum atomic E-state index is 13.0. The number of hydrogen-bond acceptors (Lipinski definition) is 6. The van der Waals surface area contributed by atoms with Gasteiger partial charge in [-0.1, -0.05) is 60.4 Å². The van der Waals surface area contributed by atoms with Gasteiger partial charge in [-0.3, -0.25) is 9.69 Å². The smallest absolute Gasteiger partial charge is 0.270 e. The Morgan fingerprint density at radius 3 is 2.35 bits per heavy atom. The Kier molecular flexibility index (Phi) is 8.26. The van der Waals surface area contributed by atoms with Crippen molar-refractivity contribution >= 4 is 61.9 Å². The van der Waals surface area contributed by atoms with Crippen LogP contribution >= 0.6 is 39.9 Å². The molecule has 0 N–H and O–H groups in total. The topological polar surface area (TPSA) is 48.0 Å². The van der Waals surface area contributed by atoms with E-state index in [1.165, 1.54) is 11.8 Å². The molecule has 5 nitrogen and oxygen atoms in total. The van der Waals surface area contributed by atoms with Gasteiger partial charge in [-0.2, -0.15) is 0 Å². The van der Waals surface area contributed by atoms with Gasteiger partial charge in [-0.05, 0) is 70.9 Å². The van der Waals surface area contributed by atoms with Crippen molar-refractivity contribution in [2.75, 3.05) is 24.7 Å². The third-order valence-corrected chi connectivity index (χ3v) is 6.67. The fourth-order valence-corrected chi connectivity index (χ4v) is 5.19. The molecule has 0 unspecified atom stereocenters. The van der Waals surface area contributed by atoms with Crippen LogP contribution in [0.25, 0.3) is 6.08 Å². The lowest BCUT2D eigenvalue weighted by molar-refractivity contribution is -0.113. The summed E-state index contributed by atoms with van der Waals surface area (Å²) in [5.74, 6) is 1.82. The second kappa shape index (κ2) is 11.6. The van der Waals surface area contributed by atoms with Gasteiger partial charge in [0.1, 0.15) is 19.0 Å². The van der Waals surface area contributed by atoms with Crippen LogP contribution in [-0.4, -0.2) is 30.0 Å². The molecule has 0 bridgehead atoms. The molecule has 1 amide bonds. The number of ether oxygens (including phenoxy) is 3. The van der Waals surface area contributed by atoms with Gasteiger partial charge in [0.2, 0.25) is 0 Å². The highest BCUT2D eigenvalue weighted by Gasteiger charge is 2.33. The molecule has 4 rings (SSSR count). The fourth-order valence-electron chi connectivity index (χ4n) is 3.31. The predicted octanol–water partition coefficient (Wildman–Crippen LogP) is 6.71. The quantitative estimate of drug-likeness (QED) is 0.166. The van der Waals surface area contributed by atoms with Crippen molar-refractivity contribution in [1.29, 1.82) is 0 Å². The van der Waals surface area contributed by atoms with Gasteiger partial charge in [0, 0.05) is 0 Å². The van der Waals surface area contributed by atoms with Gasteiger partial charge in [0.15, 0.2) is 15.8 Å². The van der Waals surface area contributed by atoms with Crippen LogP contribution in [0.3, 0.4) is 0 Å². The summed E-state index contributed by atoms with van der Waals surface area (Å²) in [5.41, 5.74) is 1.56. The van der Waals surface area contributed by atoms with E-state index >= 15 is 0 Å². The van der Waals surface area contributed by atoms with Gasteiger partial charge < -0.3 is 14.2 Å². The molecule has 1 fully saturated rings. The SMILES string of the molecule is CCOc1cc(/C=C2/SC(=S)N(c3ccccc3)C2=O)cc(Br)c1OCCOc1ccccc1. The minimum atomic E-state index is -0.145. The van der Waals surface area contributed by atoms with E-state index in [0.29, 0.717) is 40.5 Å². The number of anilines is 1. The van der Waals surface area contributed by atoms with Crippen LogP contribution in [0.5, 0.6) is 17.2 Å². The number of para-hydroxylation sites is 2. The summed E-state index contributed by atoms with van der Waals surface area (Å²) in [6.45, 7) is 3.13. The van der Waals surface area contributed by atoms with E-state index in [2.05, 4.69) is 15.9 Å². The molecule has 1 saturated heterocycles. The molecule has 0 radical (unpaired) electrons. The summed E-state index contributed by atoms with van der Waals surface area (Å²) in [6, 6.07) is 22.7. The second-order valence-electron chi connectivity index (χ2n) is 7.13. The third kappa shape index (κ3) is 5.81. The standard InChI is InChI=1S/C26H22BrNO4S2/c1-2-30-22-16-18(15-21(27)24(22)32-14-13-31-20-11-7-4-8-12-20)17-23-25(29)28(26(33)34-23)19-9-5-3-6-10-19/h3-12,15-17H,2,13-14H2,1H3/b23-17+. The normalized spacial score (nSPS) is 14.5. The number of rotatable bonds is 9. The Hall–Kier alpha value is -2.81. The van der Waals surface area contributed by atoms with Gasteiger partial charge in [-0.25, -0.2) is 0 Å². The summed E-state index contributed by atoms with van der Waals surface area (Å²) in [4.78, 5) is 15.1. The highest BCUT2D eigenvalue weighted by atomic mass is 79.9. The van der Waals surface area contributed by atoms with E-state index in [1.54, 1.807) is 4.90 Å². The number of hydrogen-bond donors (Lipinski definition) is 0. The molecule has 8 heteroatoms. The fraction of sp³-hybridized carbons (Fsp3) is 0.154. The number of carbonyl (C=O) groups is 1. The molecule has 1 aliphatic heterocycles. The maximum Gasteiger partial charge on any atom is 0.270 e. The molecule has 1 aliphatic rings. The van der Waals surface area contributed by atoms with E-state index in [4.69, 9.17) is 26.4 Å². The zero-order chi connectivity index (χ0) is 23.9. The Balaban J connectivity index is 1.50. The highest BCUT2D eigenvalue weighted by molar-refractivity contribution is 9.10. The zero-order valence-electron chi connectivity index (χ0n) is 18.4. The Bertz CT molecular complexity index is 1200. The Morgan fingerprint density at radius 1 is 0.971 bits per heavy atom. The average Bonchev–Trinajstić information content (AvgIpc) is 3.12. The maximum absolute atomic E-state index is 13.0. The average molecular weight is 557 g/mol. The molecule has 34 heavy (non-hydrogen) atoms. The molecular weight excluding hydrogens is 534 g/mol. The number of benzene rings is 3. The Morgan fingerprint density at radius 2 is 1.65 bits per heavy atom. The molecule has 0 aliphatic carbocycles. The summed E-state index contributed by atoms with van der Waals surface area (Å²) in [5, 5.41) is 0. The summed E-state index contributed by atoms with van der Waals surface area (Å²) in [6.07, 6.45) is 1.82. The lowest BCUT2D eigenvalue weighted by atomic mass is 10.1. The molecule has 1 heterocycles. The van der Waals surface area contributed by atoms with Crippen molar-refractivity contribution in [1.82, 2.24) is 0 Å². The summed E-state index contributed by atoms with van der Waals surface area (Å²) >= 11 is 10.3. The van der Waals surface area contributed by atoms with Crippen molar-refractivity contribution in [3.8, 4) is 17.2 Å². The number of amides is 1. The number of carbonyl (C=O) groups excluding carboxylic acids is 1. The number of thiocarbonyl (C=S) groups is 1. The highest BCUT2D eigenvalue weighted by Crippen LogP contribution is 2.40. The van der Waals surface area contributed by atoms with E-state index in [9.17, 15) is 4.79 Å². The van der Waals surface area contributed by atoms with E-state index in [0.717, 1.165) is 21.5 Å². The molecule has 0 saturated carbocycles.